The Morgan fingerprint density at radius 1 is 0.370 bits per heavy atom. The third kappa shape index (κ3) is 56.6. The van der Waals surface area contributed by atoms with Gasteiger partial charge in [0.25, 0.3) is 0 Å². The van der Waals surface area contributed by atoms with Crippen LogP contribution in [0, 0.1) is 12.7 Å². The van der Waals surface area contributed by atoms with Crippen molar-refractivity contribution in [3.05, 3.63) is 231 Å². The van der Waals surface area contributed by atoms with Crippen LogP contribution in [0.2, 0.25) is 5.02 Å². The first-order chi connectivity index (χ1) is 48.4. The molecule has 0 unspecified atom stereocenters. The molecule has 0 heterocycles. The van der Waals surface area contributed by atoms with E-state index in [4.69, 9.17) is 65.9 Å². The van der Waals surface area contributed by atoms with Gasteiger partial charge in [-0.15, -0.1) is 0 Å². The Morgan fingerprint density at radius 3 is 0.907 bits per heavy atom. The molecule has 0 saturated carbocycles. The van der Waals surface area contributed by atoms with Gasteiger partial charge in [0, 0.05) is 50.0 Å². The second-order valence-electron chi connectivity index (χ2n) is 22.9. The lowest BCUT2D eigenvalue weighted by atomic mass is 10.1. The summed E-state index contributed by atoms with van der Waals surface area (Å²) in [6.07, 6.45) is 6.09. The number of ether oxygens (including phenoxy) is 3. The van der Waals surface area contributed by atoms with Gasteiger partial charge in [-0.1, -0.05) is 180 Å². The average Bonchev–Trinajstić information content (AvgIpc) is 0.857. The number of hydrogen-bond acceptors (Lipinski definition) is 17. The van der Waals surface area contributed by atoms with Crippen molar-refractivity contribution in [2.24, 2.45) is 40.1 Å². The fourth-order valence-corrected chi connectivity index (χ4v) is 8.65. The van der Waals surface area contributed by atoms with Gasteiger partial charge in [0.1, 0.15) is 63.5 Å². The average molecular weight is 1540 g/mol. The van der Waals surface area contributed by atoms with Crippen molar-refractivity contribution in [2.45, 2.75) is 182 Å². The molecule has 22 heteroatoms. The molecule has 7 aromatic carbocycles. The van der Waals surface area contributed by atoms with Gasteiger partial charge in [0.2, 0.25) is 0 Å². The molecule has 14 N–H and O–H groups in total. The minimum absolute atomic E-state index is 0. The number of benzene rings is 7. The second-order valence-corrected chi connectivity index (χ2v) is 23.3. The van der Waals surface area contributed by atoms with Crippen molar-refractivity contribution in [3.63, 3.8) is 0 Å². The van der Waals surface area contributed by atoms with E-state index in [1.165, 1.54) is 35.4 Å². The summed E-state index contributed by atoms with van der Waals surface area (Å²) in [5, 5.41) is 0.717. The molecule has 0 amide bonds. The van der Waals surface area contributed by atoms with Gasteiger partial charge in [0.15, 0.2) is 0 Å². The molecular weight excluding hydrogens is 1400 g/mol. The molecule has 0 spiro atoms. The van der Waals surface area contributed by atoms with Crippen LogP contribution in [0.25, 0.3) is 0 Å². The molecule has 0 aliphatic rings. The lowest BCUT2D eigenvalue weighted by molar-refractivity contribution is -0.137. The molecule has 108 heavy (non-hydrogen) atoms. The number of Topliss-reactive ketones (excluding diaryl/α,β-unsaturated/α-hetero) is 7. The Balaban J connectivity index is -0.000000218. The van der Waals surface area contributed by atoms with Gasteiger partial charge < -0.3 is 54.3 Å². The first kappa shape index (κ1) is 113. The molecule has 0 aromatic heterocycles. The Morgan fingerprint density at radius 2 is 0.639 bits per heavy atom. The van der Waals surface area contributed by atoms with Gasteiger partial charge in [-0.25, -0.2) is 4.39 Å². The van der Waals surface area contributed by atoms with Gasteiger partial charge in [-0.2, -0.15) is 13.2 Å². The molecule has 7 rings (SSSR count). The highest BCUT2D eigenvalue weighted by atomic mass is 35.5. The highest BCUT2D eigenvalue weighted by Crippen LogP contribution is 2.29. The Labute approximate surface area is 650 Å². The molecule has 0 aliphatic heterocycles. The quantitative estimate of drug-likeness (QED) is 0.0143. The summed E-state index contributed by atoms with van der Waals surface area (Å²) in [6, 6.07) is 50.1. The summed E-state index contributed by atoms with van der Waals surface area (Å²) >= 11 is 5.71. The van der Waals surface area contributed by atoms with Crippen molar-refractivity contribution in [3.8, 4) is 17.2 Å². The highest BCUT2D eigenvalue weighted by Gasteiger charge is 2.30. The van der Waals surface area contributed by atoms with Crippen molar-refractivity contribution in [1.29, 1.82) is 0 Å². The molecule has 0 atom stereocenters. The number of carbonyl (C=O) groups excluding carboxylic acids is 7. The molecule has 0 fully saturated rings. The van der Waals surface area contributed by atoms with Crippen LogP contribution in [-0.2, 0) is 84.7 Å². The van der Waals surface area contributed by atoms with Gasteiger partial charge >= 0.3 is 6.18 Å². The number of ketones is 7. The maximum absolute atomic E-state index is 12.5. The maximum Gasteiger partial charge on any atom is 0.416 e. The Bertz CT molecular complexity index is 3380. The van der Waals surface area contributed by atoms with Crippen LogP contribution in [0.4, 0.5) is 17.6 Å². The van der Waals surface area contributed by atoms with E-state index in [1.54, 1.807) is 19.2 Å². The number of carbonyl (C=O) groups is 7. The zero-order chi connectivity index (χ0) is 75.2. The summed E-state index contributed by atoms with van der Waals surface area (Å²) in [7, 11) is 1.63. The summed E-state index contributed by atoms with van der Waals surface area (Å²) in [5.74, 6) is 2.80. The predicted octanol–water partition coefficient (Wildman–Crippen LogP) is 16.2. The van der Waals surface area contributed by atoms with Gasteiger partial charge in [-0.05, 0) is 177 Å². The van der Waals surface area contributed by atoms with Crippen LogP contribution >= 0.6 is 11.6 Å². The van der Waals surface area contributed by atoms with Crippen molar-refractivity contribution >= 4 is 52.1 Å². The van der Waals surface area contributed by atoms with Crippen LogP contribution in [0.15, 0.2) is 170 Å². The number of unbranched alkanes of at least 4 members (excludes halogenated alkanes) is 1. The van der Waals surface area contributed by atoms with Crippen molar-refractivity contribution in [1.82, 2.24) is 0 Å². The third-order valence-electron chi connectivity index (χ3n) is 14.7. The van der Waals surface area contributed by atoms with E-state index in [0.717, 1.165) is 109 Å². The largest absolute Gasteiger partial charge is 0.497 e. The van der Waals surface area contributed by atoms with E-state index in [0.29, 0.717) is 68.6 Å². The Hall–Kier alpha value is -8.64. The monoisotopic (exact) mass is 1530 g/mol. The molecule has 0 aliphatic carbocycles. The van der Waals surface area contributed by atoms with Crippen LogP contribution < -0.4 is 54.3 Å². The number of methoxy groups -OCH3 is 1. The molecule has 7 aromatic rings. The first-order valence-electron chi connectivity index (χ1n) is 33.7. The number of aryl methyl sites for hydroxylation is 8. The summed E-state index contributed by atoms with van der Waals surface area (Å²) < 4.78 is 65.0. The van der Waals surface area contributed by atoms with Crippen molar-refractivity contribution < 1.29 is 65.3 Å². The van der Waals surface area contributed by atoms with Crippen molar-refractivity contribution in [2.75, 3.05) is 66.1 Å². The predicted molar refractivity (Wildman–Crippen MR) is 442 cm³/mol. The van der Waals surface area contributed by atoms with Gasteiger partial charge in [0.05, 0.1) is 71.7 Å². The lowest BCUT2D eigenvalue weighted by Gasteiger charge is -2.07. The summed E-state index contributed by atoms with van der Waals surface area (Å²) in [4.78, 5) is 76.6. The number of halogens is 5. The van der Waals surface area contributed by atoms with Crippen LogP contribution in [-0.4, -0.2) is 107 Å². The van der Waals surface area contributed by atoms with E-state index < -0.39 is 11.7 Å². The molecule has 606 valence electrons. The van der Waals surface area contributed by atoms with E-state index in [9.17, 15) is 51.1 Å². The normalized spacial score (nSPS) is 9.59. The number of hydrogen-bond donors (Lipinski definition) is 7. The third-order valence-corrected chi connectivity index (χ3v) is 15.0. The second kappa shape index (κ2) is 68.9. The van der Waals surface area contributed by atoms with Crippen LogP contribution in [0.5, 0.6) is 17.2 Å². The fraction of sp³-hybridized carbons (Fsp3) is 0.430. The smallest absolute Gasteiger partial charge is 0.416 e. The van der Waals surface area contributed by atoms with Crippen LogP contribution in [0.1, 0.15) is 174 Å². The number of alkyl halides is 3. The standard InChI is InChI=1S/C14H21NO2.C12H17NO2.C11H12F3NO.C11H15NO2.C11H15NO.C10H12ClNO.C10H12FNO.7CH4/c1-2-3-10-17-14-8-5-12(6-9-14)4-7-13(16)11-15;1-2-15-12-7-4-10(5-8-12)3-6-11(14)9-13;12-11(13,14)9-4-1-8(2-5-9)3-6-10(16)7-15;1-14-11-6-3-9(4-7-11)2-5-10(13)8-12;1-9-3-2-4-10(7-9)5-6-11(13)8-12;2*11-9-4-1-8(2-5-9)3-6-10(13)7-12;;;;;;;/h5-6,8-9H,2-4,7,10-11,15H2,1H3;4-5,7-8H,2-3,6,9,13H2,1H3;1-2,4-5H,3,6-7,15H2;3-4,6-7H,2,5,8,12H2,1H3;2-4,7H,5-6,8,12H2,1H3;2*1-2,4-5H,3,6-7,12H2;7*1H4. The van der Waals surface area contributed by atoms with E-state index in [-0.39, 0.29) is 151 Å². The van der Waals surface area contributed by atoms with Crippen LogP contribution in [0.3, 0.4) is 0 Å². The zero-order valence-corrected chi connectivity index (χ0v) is 59.6. The molecule has 0 radical (unpaired) electrons. The van der Waals surface area contributed by atoms with E-state index >= 15 is 0 Å². The fourth-order valence-electron chi connectivity index (χ4n) is 8.53. The number of rotatable bonds is 35. The zero-order valence-electron chi connectivity index (χ0n) is 58.9. The molecule has 0 saturated heterocycles. The Kier molecular flexibility index (Phi) is 71.9. The van der Waals surface area contributed by atoms with Gasteiger partial charge in [-0.3, -0.25) is 33.6 Å². The molecular formula is C86H132ClF4N7O10. The molecule has 0 bridgehead atoms. The maximum atomic E-state index is 12.5. The summed E-state index contributed by atoms with van der Waals surface area (Å²) in [5.41, 5.74) is 44.3. The lowest BCUT2D eigenvalue weighted by Crippen LogP contribution is -2.13. The number of nitrogens with two attached hydrogens (primary N) is 7. The summed E-state index contributed by atoms with van der Waals surface area (Å²) in [6.45, 7) is 8.34. The molecule has 17 nitrogen and oxygen atoms in total. The minimum Gasteiger partial charge on any atom is -0.497 e. The minimum atomic E-state index is -4.31. The SMILES string of the molecule is C.C.C.C.C.C.C.CCCCOc1ccc(CCC(=O)CN)cc1.CCOc1ccc(CCC(=O)CN)cc1.COc1ccc(CCC(=O)CN)cc1.Cc1cccc(CCC(=O)CN)c1.NCC(=O)CCc1ccc(C(F)(F)F)cc1.NCC(=O)CCc1ccc(Cl)cc1.NCC(=O)CCc1ccc(F)cc1. The first-order valence-corrected chi connectivity index (χ1v) is 34.0. The topological polar surface area (TPSA) is 329 Å². The van der Waals surface area contributed by atoms with E-state index in [2.05, 4.69) is 13.0 Å². The van der Waals surface area contributed by atoms with E-state index in [1.807, 2.05) is 129 Å². The highest BCUT2D eigenvalue weighted by molar-refractivity contribution is 6.30.